The fraction of sp³-hybridized carbons (Fsp3) is 0.444. The predicted octanol–water partition coefficient (Wildman–Crippen LogP) is 2.87. The number of hydrogen-bond acceptors (Lipinski definition) is 8. The Kier molecular flexibility index (Phi) is 5.69. The molecule has 144 valence electrons. The quantitative estimate of drug-likeness (QED) is 0.701. The number of esters is 1. The second-order valence-electron chi connectivity index (χ2n) is 6.68. The number of hydrogen-bond donors (Lipinski definition) is 0. The Morgan fingerprint density at radius 1 is 1.30 bits per heavy atom. The molecule has 0 fully saturated rings. The Bertz CT molecular complexity index is 846. The van der Waals surface area contributed by atoms with E-state index in [1.807, 2.05) is 38.1 Å². The first-order chi connectivity index (χ1) is 12.9. The summed E-state index contributed by atoms with van der Waals surface area (Å²) < 4.78 is 11.7. The number of nitrogens with zero attached hydrogens (tertiary/aromatic N) is 4. The van der Waals surface area contributed by atoms with Crippen molar-refractivity contribution in [2.75, 3.05) is 14.2 Å². The van der Waals surface area contributed by atoms with E-state index in [2.05, 4.69) is 15.5 Å². The molecule has 0 N–H and O–H groups in total. The SMILES string of the molecule is COC(=O)c1nnn(Cc2ccc(OC)cc2)c1CSC1=NOC(C)(C)C1. The predicted molar refractivity (Wildman–Crippen MR) is 102 cm³/mol. The van der Waals surface area contributed by atoms with E-state index in [1.165, 1.54) is 18.9 Å². The van der Waals surface area contributed by atoms with Crippen LogP contribution in [0.1, 0.15) is 42.0 Å². The van der Waals surface area contributed by atoms with Gasteiger partial charge in [0.25, 0.3) is 0 Å². The van der Waals surface area contributed by atoms with Crippen LogP contribution in [-0.2, 0) is 21.9 Å². The van der Waals surface area contributed by atoms with Crippen molar-refractivity contribution in [3.05, 3.63) is 41.2 Å². The van der Waals surface area contributed by atoms with Crippen molar-refractivity contribution in [3.63, 3.8) is 0 Å². The van der Waals surface area contributed by atoms with E-state index >= 15 is 0 Å². The number of carbonyl (C=O) groups is 1. The molecule has 0 aliphatic carbocycles. The van der Waals surface area contributed by atoms with Crippen LogP contribution in [0, 0.1) is 0 Å². The van der Waals surface area contributed by atoms with Crippen LogP contribution in [0.2, 0.25) is 0 Å². The Balaban J connectivity index is 1.79. The summed E-state index contributed by atoms with van der Waals surface area (Å²) in [4.78, 5) is 17.5. The van der Waals surface area contributed by atoms with Crippen LogP contribution in [0.3, 0.4) is 0 Å². The van der Waals surface area contributed by atoms with Gasteiger partial charge in [-0.15, -0.1) is 16.9 Å². The van der Waals surface area contributed by atoms with Gasteiger partial charge in [-0.3, -0.25) is 0 Å². The smallest absolute Gasteiger partial charge is 0.360 e. The van der Waals surface area contributed by atoms with E-state index in [1.54, 1.807) is 11.8 Å². The monoisotopic (exact) mass is 390 g/mol. The number of aromatic nitrogens is 3. The number of carbonyl (C=O) groups excluding carboxylic acids is 1. The first-order valence-electron chi connectivity index (χ1n) is 8.43. The Morgan fingerprint density at radius 2 is 2.04 bits per heavy atom. The maximum absolute atomic E-state index is 12.1. The lowest BCUT2D eigenvalue weighted by molar-refractivity contribution is 0.0123. The molecule has 0 unspecified atom stereocenters. The largest absolute Gasteiger partial charge is 0.497 e. The maximum Gasteiger partial charge on any atom is 0.360 e. The lowest BCUT2D eigenvalue weighted by Crippen LogP contribution is -2.18. The summed E-state index contributed by atoms with van der Waals surface area (Å²) >= 11 is 1.51. The van der Waals surface area contributed by atoms with Gasteiger partial charge in [0, 0.05) is 12.2 Å². The molecular weight excluding hydrogens is 368 g/mol. The molecule has 1 aliphatic heterocycles. The lowest BCUT2D eigenvalue weighted by atomic mass is 10.1. The molecular formula is C18H22N4O4S. The summed E-state index contributed by atoms with van der Waals surface area (Å²) in [6.45, 7) is 4.46. The number of oxime groups is 1. The molecule has 2 heterocycles. The van der Waals surface area contributed by atoms with Gasteiger partial charge in [-0.2, -0.15) is 0 Å². The number of ether oxygens (including phenoxy) is 2. The normalized spacial score (nSPS) is 15.2. The van der Waals surface area contributed by atoms with Crippen LogP contribution in [-0.4, -0.2) is 45.8 Å². The summed E-state index contributed by atoms with van der Waals surface area (Å²) in [6, 6.07) is 7.67. The third kappa shape index (κ3) is 4.60. The van der Waals surface area contributed by atoms with E-state index in [0.717, 1.165) is 22.8 Å². The van der Waals surface area contributed by atoms with Crippen LogP contribution in [0.15, 0.2) is 29.4 Å². The minimum Gasteiger partial charge on any atom is -0.497 e. The molecule has 2 aromatic rings. The molecule has 9 heteroatoms. The van der Waals surface area contributed by atoms with Gasteiger partial charge in [-0.25, -0.2) is 9.48 Å². The van der Waals surface area contributed by atoms with Gasteiger partial charge < -0.3 is 14.3 Å². The summed E-state index contributed by atoms with van der Waals surface area (Å²) in [5, 5.41) is 13.2. The molecule has 1 aliphatic rings. The summed E-state index contributed by atoms with van der Waals surface area (Å²) in [5.74, 6) is 0.771. The topological polar surface area (TPSA) is 87.8 Å². The van der Waals surface area contributed by atoms with Crippen molar-refractivity contribution in [3.8, 4) is 5.75 Å². The van der Waals surface area contributed by atoms with Crippen molar-refractivity contribution in [1.29, 1.82) is 0 Å². The Morgan fingerprint density at radius 3 is 2.63 bits per heavy atom. The van der Waals surface area contributed by atoms with E-state index < -0.39 is 5.97 Å². The van der Waals surface area contributed by atoms with Gasteiger partial charge in [0.2, 0.25) is 0 Å². The fourth-order valence-corrected chi connectivity index (χ4v) is 3.72. The zero-order valence-corrected chi connectivity index (χ0v) is 16.6. The third-order valence-electron chi connectivity index (χ3n) is 4.05. The highest BCUT2D eigenvalue weighted by molar-refractivity contribution is 8.13. The zero-order chi connectivity index (χ0) is 19.4. The van der Waals surface area contributed by atoms with Crippen LogP contribution in [0.5, 0.6) is 5.75 Å². The molecule has 0 atom stereocenters. The first-order valence-corrected chi connectivity index (χ1v) is 9.42. The highest BCUT2D eigenvalue weighted by Gasteiger charge is 2.30. The van der Waals surface area contributed by atoms with Crippen LogP contribution in [0.4, 0.5) is 0 Å². The maximum atomic E-state index is 12.1. The molecule has 0 radical (unpaired) electrons. The first kappa shape index (κ1) is 19.2. The third-order valence-corrected chi connectivity index (χ3v) is 5.02. The number of benzene rings is 1. The van der Waals surface area contributed by atoms with Gasteiger partial charge in [0.05, 0.1) is 26.5 Å². The highest BCUT2D eigenvalue weighted by atomic mass is 32.2. The Labute approximate surface area is 161 Å². The molecule has 27 heavy (non-hydrogen) atoms. The van der Waals surface area contributed by atoms with Crippen molar-refractivity contribution in [2.45, 2.75) is 38.2 Å². The highest BCUT2D eigenvalue weighted by Crippen LogP contribution is 2.29. The van der Waals surface area contributed by atoms with Crippen LogP contribution < -0.4 is 4.74 Å². The van der Waals surface area contributed by atoms with Crippen LogP contribution in [0.25, 0.3) is 0 Å². The van der Waals surface area contributed by atoms with E-state index in [0.29, 0.717) is 18.0 Å². The van der Waals surface area contributed by atoms with Gasteiger partial charge in [-0.05, 0) is 31.5 Å². The number of rotatable bonds is 6. The average molecular weight is 390 g/mol. The fourth-order valence-electron chi connectivity index (χ4n) is 2.59. The summed E-state index contributed by atoms with van der Waals surface area (Å²) in [6.07, 6.45) is 0.727. The summed E-state index contributed by atoms with van der Waals surface area (Å²) in [5.41, 5.74) is 1.63. The minimum atomic E-state index is -0.503. The van der Waals surface area contributed by atoms with Gasteiger partial charge in [0.15, 0.2) is 5.69 Å². The van der Waals surface area contributed by atoms with Crippen molar-refractivity contribution in [2.24, 2.45) is 5.16 Å². The molecule has 8 nitrogen and oxygen atoms in total. The lowest BCUT2D eigenvalue weighted by Gasteiger charge is -2.13. The van der Waals surface area contributed by atoms with Gasteiger partial charge in [0.1, 0.15) is 16.4 Å². The average Bonchev–Trinajstić information content (AvgIpc) is 3.22. The standard InChI is InChI=1S/C18H22N4O4S/c1-18(2)9-15(20-26-18)27-11-14-16(17(23)25-4)19-21-22(14)10-12-5-7-13(24-3)8-6-12/h5-8H,9-11H2,1-4H3. The van der Waals surface area contributed by atoms with Gasteiger partial charge >= 0.3 is 5.97 Å². The van der Waals surface area contributed by atoms with Crippen molar-refractivity contribution >= 4 is 22.8 Å². The molecule has 3 rings (SSSR count). The molecule has 1 aromatic carbocycles. The molecule has 0 bridgehead atoms. The second-order valence-corrected chi connectivity index (χ2v) is 7.73. The zero-order valence-electron chi connectivity index (χ0n) is 15.8. The molecule has 0 saturated carbocycles. The number of methoxy groups -OCH3 is 2. The molecule has 0 amide bonds. The van der Waals surface area contributed by atoms with Crippen LogP contribution >= 0.6 is 11.8 Å². The Hall–Kier alpha value is -2.55. The van der Waals surface area contributed by atoms with Crippen molar-refractivity contribution in [1.82, 2.24) is 15.0 Å². The number of thioether (sulfide) groups is 1. The molecule has 1 aromatic heterocycles. The summed E-state index contributed by atoms with van der Waals surface area (Å²) in [7, 11) is 2.96. The van der Waals surface area contributed by atoms with Crippen molar-refractivity contribution < 1.29 is 19.1 Å². The molecule has 0 saturated heterocycles. The second kappa shape index (κ2) is 7.99. The van der Waals surface area contributed by atoms with Gasteiger partial charge in [-0.1, -0.05) is 22.5 Å². The van der Waals surface area contributed by atoms with E-state index in [4.69, 9.17) is 14.3 Å². The minimum absolute atomic E-state index is 0.220. The van der Waals surface area contributed by atoms with E-state index in [9.17, 15) is 4.79 Å². The van der Waals surface area contributed by atoms with E-state index in [-0.39, 0.29) is 11.3 Å². The molecule has 0 spiro atoms.